The van der Waals surface area contributed by atoms with Crippen LogP contribution in [0.3, 0.4) is 0 Å². The summed E-state index contributed by atoms with van der Waals surface area (Å²) in [5, 5.41) is 14.2. The number of carbonyl (C=O) groups excluding carboxylic acids is 2. The van der Waals surface area contributed by atoms with Gasteiger partial charge in [0, 0.05) is 18.7 Å². The highest BCUT2D eigenvalue weighted by Gasteiger charge is 2.18. The Balaban J connectivity index is 2.26. The predicted octanol–water partition coefficient (Wildman–Crippen LogP) is 2.49. The number of aliphatic hydroxyl groups excluding tert-OH is 1. The molecule has 0 saturated heterocycles. The average molecular weight is 444 g/mol. The first-order valence-electron chi connectivity index (χ1n) is 9.92. The van der Waals surface area contributed by atoms with Gasteiger partial charge in [0.25, 0.3) is 5.91 Å². The van der Waals surface area contributed by atoms with Gasteiger partial charge in [-0.15, -0.1) is 0 Å². The molecule has 2 amide bonds. The summed E-state index contributed by atoms with van der Waals surface area (Å²) in [4.78, 5) is 25.1. The molecule has 0 aliphatic carbocycles. The quantitative estimate of drug-likeness (QED) is 0.456. The molecule has 172 valence electrons. The Morgan fingerprint density at radius 3 is 2.25 bits per heavy atom. The lowest BCUT2D eigenvalue weighted by Crippen LogP contribution is -2.27. The van der Waals surface area contributed by atoms with Gasteiger partial charge < -0.3 is 34.7 Å². The first-order valence-corrected chi connectivity index (χ1v) is 9.92. The monoisotopic (exact) mass is 444 g/mol. The molecule has 3 N–H and O–H groups in total. The van der Waals surface area contributed by atoms with Gasteiger partial charge in [-0.1, -0.05) is 6.07 Å². The van der Waals surface area contributed by atoms with E-state index in [-0.39, 0.29) is 24.4 Å². The summed E-state index contributed by atoms with van der Waals surface area (Å²) in [7, 11) is 4.44. The van der Waals surface area contributed by atoms with Crippen molar-refractivity contribution >= 4 is 23.6 Å². The molecule has 9 nitrogen and oxygen atoms in total. The Bertz CT molecular complexity index is 973. The normalized spacial score (nSPS) is 10.5. The van der Waals surface area contributed by atoms with Gasteiger partial charge in [-0.2, -0.15) is 0 Å². The molecule has 0 bridgehead atoms. The molecule has 0 saturated carbocycles. The maximum absolute atomic E-state index is 12.6. The number of nitrogens with one attached hydrogen (secondary N) is 2. The number of methoxy groups -OCH3 is 3. The van der Waals surface area contributed by atoms with Crippen molar-refractivity contribution < 1.29 is 33.6 Å². The summed E-state index contributed by atoms with van der Waals surface area (Å²) < 4.78 is 21.3. The maximum atomic E-state index is 12.6. The third-order valence-corrected chi connectivity index (χ3v) is 4.34. The Hall–Kier alpha value is -3.72. The van der Waals surface area contributed by atoms with Crippen LogP contribution in [0.2, 0.25) is 0 Å². The van der Waals surface area contributed by atoms with Crippen molar-refractivity contribution in [1.82, 2.24) is 5.32 Å². The molecule has 0 aliphatic rings. The van der Waals surface area contributed by atoms with E-state index in [1.54, 1.807) is 31.4 Å². The Morgan fingerprint density at radius 2 is 1.62 bits per heavy atom. The molecule has 0 aromatic heterocycles. The Labute approximate surface area is 186 Å². The zero-order valence-corrected chi connectivity index (χ0v) is 18.6. The third-order valence-electron chi connectivity index (χ3n) is 4.34. The molecule has 9 heteroatoms. The van der Waals surface area contributed by atoms with Gasteiger partial charge in [-0.25, -0.2) is 0 Å². The van der Waals surface area contributed by atoms with Crippen LogP contribution in [0.1, 0.15) is 22.8 Å². The minimum Gasteiger partial charge on any atom is -0.493 e. The van der Waals surface area contributed by atoms with Crippen molar-refractivity contribution in [1.29, 1.82) is 0 Å². The number of rotatable bonds is 11. The Kier molecular flexibility index (Phi) is 9.37. The highest BCUT2D eigenvalue weighted by atomic mass is 16.5. The molecule has 0 fully saturated rings. The van der Waals surface area contributed by atoms with Crippen LogP contribution in [0.25, 0.3) is 6.08 Å². The van der Waals surface area contributed by atoms with Gasteiger partial charge in [-0.05, 0) is 36.8 Å². The summed E-state index contributed by atoms with van der Waals surface area (Å²) >= 11 is 0. The van der Waals surface area contributed by atoms with Crippen molar-refractivity contribution in [2.24, 2.45) is 0 Å². The average Bonchev–Trinajstić information content (AvgIpc) is 2.81. The summed E-state index contributed by atoms with van der Waals surface area (Å²) in [6.07, 6.45) is 2.95. The fourth-order valence-corrected chi connectivity index (χ4v) is 2.84. The van der Waals surface area contributed by atoms with E-state index in [0.717, 1.165) is 5.56 Å². The highest BCUT2D eigenvalue weighted by Crippen LogP contribution is 2.33. The van der Waals surface area contributed by atoms with Gasteiger partial charge in [-0.3, -0.25) is 9.59 Å². The lowest BCUT2D eigenvalue weighted by molar-refractivity contribution is -0.111. The second kappa shape index (κ2) is 12.2. The van der Waals surface area contributed by atoms with E-state index in [2.05, 4.69) is 10.6 Å². The molecular weight excluding hydrogens is 416 g/mol. The minimum absolute atomic E-state index is 0.0695. The Morgan fingerprint density at radius 1 is 0.969 bits per heavy atom. The van der Waals surface area contributed by atoms with Crippen LogP contribution in [-0.4, -0.2) is 58.0 Å². The lowest BCUT2D eigenvalue weighted by Gasteiger charge is -2.15. The maximum Gasteiger partial charge on any atom is 0.253 e. The van der Waals surface area contributed by atoms with Crippen LogP contribution in [0.4, 0.5) is 5.69 Å². The van der Waals surface area contributed by atoms with Crippen molar-refractivity contribution in [3.8, 4) is 23.0 Å². The smallest absolute Gasteiger partial charge is 0.253 e. The largest absolute Gasteiger partial charge is 0.493 e. The number of anilines is 1. The summed E-state index contributed by atoms with van der Waals surface area (Å²) in [5.41, 5.74) is 1.13. The van der Waals surface area contributed by atoms with Crippen molar-refractivity contribution in [2.45, 2.75) is 6.92 Å². The molecule has 0 atom stereocenters. The number of hydrogen-bond acceptors (Lipinski definition) is 7. The second-order valence-electron chi connectivity index (χ2n) is 6.40. The van der Waals surface area contributed by atoms with Gasteiger partial charge in [0.05, 0.1) is 45.8 Å². The van der Waals surface area contributed by atoms with E-state index in [1.807, 2.05) is 6.92 Å². The molecule has 0 aliphatic heterocycles. The van der Waals surface area contributed by atoms with E-state index >= 15 is 0 Å². The number of aliphatic hydroxyl groups is 1. The first-order chi connectivity index (χ1) is 15.5. The molecule has 2 aromatic rings. The van der Waals surface area contributed by atoms with Crippen LogP contribution in [-0.2, 0) is 4.79 Å². The molecule has 0 unspecified atom stereocenters. The summed E-state index contributed by atoms with van der Waals surface area (Å²) in [6, 6.07) is 8.26. The van der Waals surface area contributed by atoms with E-state index < -0.39 is 11.8 Å². The van der Waals surface area contributed by atoms with Gasteiger partial charge in [0.15, 0.2) is 23.0 Å². The van der Waals surface area contributed by atoms with Crippen molar-refractivity contribution in [3.63, 3.8) is 0 Å². The van der Waals surface area contributed by atoms with Crippen molar-refractivity contribution in [3.05, 3.63) is 47.5 Å². The van der Waals surface area contributed by atoms with Gasteiger partial charge >= 0.3 is 0 Å². The number of benzene rings is 2. The fraction of sp³-hybridized carbons (Fsp3) is 0.304. The highest BCUT2D eigenvalue weighted by molar-refractivity contribution is 6.08. The van der Waals surface area contributed by atoms with E-state index in [0.29, 0.717) is 29.6 Å². The van der Waals surface area contributed by atoms with Crippen LogP contribution in [0, 0.1) is 0 Å². The van der Waals surface area contributed by atoms with E-state index in [4.69, 9.17) is 24.1 Å². The molecule has 0 spiro atoms. The van der Waals surface area contributed by atoms with Crippen LogP contribution in [0.15, 0.2) is 36.4 Å². The number of hydrogen-bond donors (Lipinski definition) is 3. The van der Waals surface area contributed by atoms with Crippen LogP contribution in [0.5, 0.6) is 23.0 Å². The molecule has 0 radical (unpaired) electrons. The van der Waals surface area contributed by atoms with E-state index in [9.17, 15) is 9.59 Å². The van der Waals surface area contributed by atoms with E-state index in [1.165, 1.54) is 32.4 Å². The zero-order chi connectivity index (χ0) is 23.5. The number of ether oxygens (including phenoxy) is 4. The third kappa shape index (κ3) is 6.39. The topological polar surface area (TPSA) is 115 Å². The molecule has 2 rings (SSSR count). The van der Waals surface area contributed by atoms with Crippen molar-refractivity contribution in [2.75, 3.05) is 46.4 Å². The minimum atomic E-state index is -0.476. The molecule has 0 heterocycles. The summed E-state index contributed by atoms with van der Waals surface area (Å²) in [6.45, 7) is 2.24. The number of amides is 2. The molecule has 32 heavy (non-hydrogen) atoms. The summed E-state index contributed by atoms with van der Waals surface area (Å²) in [5.74, 6) is 0.910. The van der Waals surface area contributed by atoms with Crippen LogP contribution < -0.4 is 29.6 Å². The zero-order valence-electron chi connectivity index (χ0n) is 18.6. The first kappa shape index (κ1) is 24.5. The van der Waals surface area contributed by atoms with Crippen LogP contribution >= 0.6 is 0 Å². The standard InChI is InChI=1S/C23H28N2O7/c1-5-32-18-8-6-15(12-19(18)29-2)7-9-22(27)25-17-14-21(31-4)20(30-3)13-16(17)23(28)24-10-11-26/h6-9,12-14,26H,5,10-11H2,1-4H3,(H,24,28)(H,25,27)/b9-7+. The molecule has 2 aromatic carbocycles. The van der Waals surface area contributed by atoms with Gasteiger partial charge in [0.1, 0.15) is 0 Å². The fourth-order valence-electron chi connectivity index (χ4n) is 2.84. The number of carbonyl (C=O) groups is 2. The predicted molar refractivity (Wildman–Crippen MR) is 121 cm³/mol. The molecular formula is C23H28N2O7. The lowest BCUT2D eigenvalue weighted by atomic mass is 10.1. The van der Waals surface area contributed by atoms with Gasteiger partial charge in [0.2, 0.25) is 5.91 Å². The second-order valence-corrected chi connectivity index (χ2v) is 6.40. The SMILES string of the molecule is CCOc1ccc(/C=C/C(=O)Nc2cc(OC)c(OC)cc2C(=O)NCCO)cc1OC.